The molecule has 0 radical (unpaired) electrons. The maximum Gasteiger partial charge on any atom is 0.311 e. The Morgan fingerprint density at radius 2 is 2.11 bits per heavy atom. The summed E-state index contributed by atoms with van der Waals surface area (Å²) in [5.41, 5.74) is -0.824. The Kier molecular flexibility index (Phi) is 3.60. The Bertz CT molecular complexity index is 465. The highest BCUT2D eigenvalue weighted by atomic mass is 16.4. The molecule has 106 valence electrons. The van der Waals surface area contributed by atoms with Gasteiger partial charge in [-0.15, -0.1) is 5.10 Å². The molecule has 0 aliphatic heterocycles. The molecule has 1 atom stereocenters. The molecule has 1 heterocycles. The molecule has 1 aliphatic carbocycles. The van der Waals surface area contributed by atoms with Gasteiger partial charge >= 0.3 is 5.97 Å². The van der Waals surface area contributed by atoms with Gasteiger partial charge in [0.1, 0.15) is 0 Å². The van der Waals surface area contributed by atoms with E-state index in [2.05, 4.69) is 22.4 Å². The Labute approximate surface area is 113 Å². The molecule has 6 nitrogen and oxygen atoms in total. The molecule has 1 aliphatic rings. The van der Waals surface area contributed by atoms with E-state index in [4.69, 9.17) is 0 Å². The van der Waals surface area contributed by atoms with Crippen molar-refractivity contribution in [1.82, 2.24) is 20.2 Å². The highest BCUT2D eigenvalue weighted by Crippen LogP contribution is 2.39. The third-order valence-electron chi connectivity index (χ3n) is 4.57. The first-order chi connectivity index (χ1) is 8.91. The van der Waals surface area contributed by atoms with Crippen molar-refractivity contribution in [3.8, 4) is 0 Å². The zero-order valence-electron chi connectivity index (χ0n) is 11.9. The van der Waals surface area contributed by atoms with Crippen LogP contribution in [0.4, 0.5) is 0 Å². The van der Waals surface area contributed by atoms with E-state index in [-0.39, 0.29) is 5.41 Å². The van der Waals surface area contributed by atoms with E-state index in [1.165, 1.54) is 12.8 Å². The van der Waals surface area contributed by atoms with Crippen molar-refractivity contribution in [3.63, 3.8) is 0 Å². The van der Waals surface area contributed by atoms with Gasteiger partial charge < -0.3 is 5.11 Å². The zero-order valence-corrected chi connectivity index (χ0v) is 11.9. The third-order valence-corrected chi connectivity index (χ3v) is 4.57. The minimum atomic E-state index is -0.820. The predicted octanol–water partition coefficient (Wildman–Crippen LogP) is 2.01. The zero-order chi connectivity index (χ0) is 14.1. The predicted molar refractivity (Wildman–Crippen MR) is 69.7 cm³/mol. The molecule has 0 aromatic carbocycles. The molecule has 0 amide bonds. The van der Waals surface area contributed by atoms with Crippen molar-refractivity contribution in [2.24, 2.45) is 5.41 Å². The van der Waals surface area contributed by atoms with Crippen LogP contribution in [0.15, 0.2) is 0 Å². The maximum absolute atomic E-state index is 11.4. The summed E-state index contributed by atoms with van der Waals surface area (Å²) >= 11 is 0. The number of hydrogen-bond donors (Lipinski definition) is 1. The fourth-order valence-corrected chi connectivity index (χ4v) is 2.78. The average molecular weight is 266 g/mol. The summed E-state index contributed by atoms with van der Waals surface area (Å²) in [5.74, 6) is 0.0407. The van der Waals surface area contributed by atoms with Gasteiger partial charge in [0.05, 0.1) is 12.0 Å². The van der Waals surface area contributed by atoms with E-state index < -0.39 is 11.4 Å². The third kappa shape index (κ3) is 2.48. The van der Waals surface area contributed by atoms with Crippen LogP contribution in [0.5, 0.6) is 0 Å². The maximum atomic E-state index is 11.4. The molecule has 1 aromatic heterocycles. The Morgan fingerprint density at radius 3 is 2.63 bits per heavy atom. The number of aliphatic carboxylic acids is 1. The van der Waals surface area contributed by atoms with Crippen LogP contribution in [-0.4, -0.2) is 31.3 Å². The molecule has 1 fully saturated rings. The van der Waals surface area contributed by atoms with E-state index in [1.54, 1.807) is 11.6 Å². The summed E-state index contributed by atoms with van der Waals surface area (Å²) in [6.45, 7) is 6.14. The first-order valence-corrected chi connectivity index (χ1v) is 6.91. The summed E-state index contributed by atoms with van der Waals surface area (Å²) in [6.07, 6.45) is 5.07. The standard InChI is InChI=1S/C13H22N4O2/c1-4-12(2,11(18)19)9-17-10(14-15-16-17)13(3)7-5-6-8-13/h4-9H2,1-3H3,(H,18,19). The number of carboxylic acid groups (broad SMARTS) is 1. The fourth-order valence-electron chi connectivity index (χ4n) is 2.78. The number of tetrazole rings is 1. The molecular formula is C13H22N4O2. The van der Waals surface area contributed by atoms with Crippen LogP contribution < -0.4 is 0 Å². The second-order valence-corrected chi connectivity index (χ2v) is 6.15. The smallest absolute Gasteiger partial charge is 0.311 e. The molecule has 1 aromatic rings. The van der Waals surface area contributed by atoms with E-state index in [0.29, 0.717) is 13.0 Å². The van der Waals surface area contributed by atoms with Crippen molar-refractivity contribution < 1.29 is 9.90 Å². The van der Waals surface area contributed by atoms with Crippen LogP contribution in [0, 0.1) is 5.41 Å². The number of rotatable bonds is 5. The minimum Gasteiger partial charge on any atom is -0.481 e. The molecule has 6 heteroatoms. The lowest BCUT2D eigenvalue weighted by atomic mass is 9.85. The van der Waals surface area contributed by atoms with Crippen LogP contribution in [0.3, 0.4) is 0 Å². The largest absolute Gasteiger partial charge is 0.481 e. The van der Waals surface area contributed by atoms with Crippen molar-refractivity contribution in [3.05, 3.63) is 5.82 Å². The van der Waals surface area contributed by atoms with Crippen LogP contribution in [0.1, 0.15) is 58.7 Å². The monoisotopic (exact) mass is 266 g/mol. The topological polar surface area (TPSA) is 80.9 Å². The first-order valence-electron chi connectivity index (χ1n) is 6.91. The van der Waals surface area contributed by atoms with Gasteiger partial charge in [-0.1, -0.05) is 26.7 Å². The van der Waals surface area contributed by atoms with Crippen molar-refractivity contribution >= 4 is 5.97 Å². The second-order valence-electron chi connectivity index (χ2n) is 6.15. The number of carboxylic acids is 1. The lowest BCUT2D eigenvalue weighted by Crippen LogP contribution is -2.35. The highest BCUT2D eigenvalue weighted by molar-refractivity contribution is 5.73. The van der Waals surface area contributed by atoms with Gasteiger partial charge in [-0.25, -0.2) is 4.68 Å². The fraction of sp³-hybridized carbons (Fsp3) is 0.846. The lowest BCUT2D eigenvalue weighted by molar-refractivity contribution is -0.149. The van der Waals surface area contributed by atoms with Gasteiger partial charge in [-0.2, -0.15) is 0 Å². The van der Waals surface area contributed by atoms with Crippen molar-refractivity contribution in [2.45, 2.75) is 64.8 Å². The van der Waals surface area contributed by atoms with Gasteiger partial charge in [0.2, 0.25) is 0 Å². The molecule has 0 saturated heterocycles. The Morgan fingerprint density at radius 1 is 1.47 bits per heavy atom. The Balaban J connectivity index is 2.27. The molecule has 1 N–H and O–H groups in total. The summed E-state index contributed by atoms with van der Waals surface area (Å²) in [6, 6.07) is 0. The van der Waals surface area contributed by atoms with Crippen LogP contribution in [0.2, 0.25) is 0 Å². The van der Waals surface area contributed by atoms with Gasteiger partial charge in [0.25, 0.3) is 0 Å². The molecule has 0 bridgehead atoms. The molecule has 0 spiro atoms. The SMILES string of the molecule is CCC(C)(Cn1nnnc1C1(C)CCCC1)C(=O)O. The lowest BCUT2D eigenvalue weighted by Gasteiger charge is -2.27. The van der Waals surface area contributed by atoms with Gasteiger partial charge in [-0.3, -0.25) is 4.79 Å². The highest BCUT2D eigenvalue weighted by Gasteiger charge is 2.39. The molecule has 2 rings (SSSR count). The number of aromatic nitrogens is 4. The summed E-state index contributed by atoms with van der Waals surface area (Å²) in [4.78, 5) is 11.4. The number of hydrogen-bond acceptors (Lipinski definition) is 4. The van der Waals surface area contributed by atoms with E-state index >= 15 is 0 Å². The van der Waals surface area contributed by atoms with Crippen LogP contribution in [-0.2, 0) is 16.8 Å². The molecule has 1 unspecified atom stereocenters. The second kappa shape index (κ2) is 4.90. The van der Waals surface area contributed by atoms with E-state index in [1.807, 2.05) is 6.92 Å². The normalized spacial score (nSPS) is 21.2. The minimum absolute atomic E-state index is 0.00332. The summed E-state index contributed by atoms with van der Waals surface area (Å²) < 4.78 is 1.70. The number of carbonyl (C=O) groups is 1. The molecule has 19 heavy (non-hydrogen) atoms. The van der Waals surface area contributed by atoms with Crippen LogP contribution >= 0.6 is 0 Å². The Hall–Kier alpha value is -1.46. The van der Waals surface area contributed by atoms with Crippen molar-refractivity contribution in [1.29, 1.82) is 0 Å². The van der Waals surface area contributed by atoms with E-state index in [9.17, 15) is 9.90 Å². The quantitative estimate of drug-likeness (QED) is 0.881. The van der Waals surface area contributed by atoms with Gasteiger partial charge in [-0.05, 0) is 36.6 Å². The van der Waals surface area contributed by atoms with E-state index in [0.717, 1.165) is 18.7 Å². The van der Waals surface area contributed by atoms with Gasteiger partial charge in [0, 0.05) is 5.41 Å². The first kappa shape index (κ1) is 14.0. The average Bonchev–Trinajstić information content (AvgIpc) is 2.98. The van der Waals surface area contributed by atoms with Crippen molar-refractivity contribution in [2.75, 3.05) is 0 Å². The number of nitrogens with zero attached hydrogens (tertiary/aromatic N) is 4. The molecular weight excluding hydrogens is 244 g/mol. The summed E-state index contributed by atoms with van der Waals surface area (Å²) in [5, 5.41) is 21.3. The van der Waals surface area contributed by atoms with Gasteiger partial charge in [0.15, 0.2) is 5.82 Å². The van der Waals surface area contributed by atoms with Crippen LogP contribution in [0.25, 0.3) is 0 Å². The summed E-state index contributed by atoms with van der Waals surface area (Å²) in [7, 11) is 0. The molecule has 1 saturated carbocycles.